The average Bonchev–Trinajstić information content (AvgIpc) is 2.60. The van der Waals surface area contributed by atoms with Gasteiger partial charge in [0.05, 0.1) is 16.7 Å². The van der Waals surface area contributed by atoms with Crippen molar-refractivity contribution in [3.05, 3.63) is 33.6 Å². The van der Waals surface area contributed by atoms with Crippen molar-refractivity contribution >= 4 is 40.2 Å². The van der Waals surface area contributed by atoms with Crippen molar-refractivity contribution in [1.29, 1.82) is 0 Å². The molecule has 1 aromatic carbocycles. The first-order chi connectivity index (χ1) is 12.4. The Morgan fingerprint density at radius 2 is 2.19 bits per heavy atom. The van der Waals surface area contributed by atoms with Gasteiger partial charge < -0.3 is 10.1 Å². The van der Waals surface area contributed by atoms with Crippen molar-refractivity contribution in [2.24, 2.45) is 5.92 Å². The van der Waals surface area contributed by atoms with Gasteiger partial charge >= 0.3 is 0 Å². The second-order valence-corrected chi connectivity index (χ2v) is 7.72. The fourth-order valence-corrected chi connectivity index (χ4v) is 3.37. The van der Waals surface area contributed by atoms with Crippen molar-refractivity contribution < 1.29 is 9.53 Å². The number of thioether (sulfide) groups is 1. The van der Waals surface area contributed by atoms with E-state index < -0.39 is 0 Å². The fourth-order valence-electron chi connectivity index (χ4n) is 2.35. The van der Waals surface area contributed by atoms with Crippen LogP contribution in [0, 0.1) is 5.92 Å². The lowest BCUT2D eigenvalue weighted by Crippen LogP contribution is -2.29. The smallest absolute Gasteiger partial charge is 0.262 e. The Morgan fingerprint density at radius 1 is 1.42 bits per heavy atom. The second kappa shape index (κ2) is 9.94. The van der Waals surface area contributed by atoms with Gasteiger partial charge in [-0.1, -0.05) is 37.2 Å². The van der Waals surface area contributed by atoms with Gasteiger partial charge in [0.1, 0.15) is 0 Å². The van der Waals surface area contributed by atoms with Crippen LogP contribution in [0.1, 0.15) is 20.3 Å². The quantitative estimate of drug-likeness (QED) is 0.400. The first-order valence-electron chi connectivity index (χ1n) is 8.51. The van der Waals surface area contributed by atoms with Gasteiger partial charge in [-0.15, -0.1) is 0 Å². The number of carbonyl (C=O) groups excluding carboxylic acids is 1. The van der Waals surface area contributed by atoms with Gasteiger partial charge in [-0.05, 0) is 30.5 Å². The number of halogens is 1. The van der Waals surface area contributed by atoms with Crippen LogP contribution < -0.4 is 10.9 Å². The number of amides is 1. The lowest BCUT2D eigenvalue weighted by Gasteiger charge is -2.13. The molecule has 0 radical (unpaired) electrons. The zero-order valence-electron chi connectivity index (χ0n) is 15.3. The average molecular weight is 398 g/mol. The maximum Gasteiger partial charge on any atom is 0.262 e. The second-order valence-electron chi connectivity index (χ2n) is 6.35. The number of carbonyl (C=O) groups is 1. The van der Waals surface area contributed by atoms with E-state index in [2.05, 4.69) is 10.3 Å². The molecular formula is C18H24ClN3O3S. The molecular weight excluding hydrogens is 374 g/mol. The third kappa shape index (κ3) is 5.72. The Bertz CT molecular complexity index is 823. The van der Waals surface area contributed by atoms with Gasteiger partial charge in [0.25, 0.3) is 5.56 Å². The zero-order valence-corrected chi connectivity index (χ0v) is 16.8. The van der Waals surface area contributed by atoms with Gasteiger partial charge in [0.15, 0.2) is 5.16 Å². The van der Waals surface area contributed by atoms with Crippen LogP contribution in [0.25, 0.3) is 10.9 Å². The summed E-state index contributed by atoms with van der Waals surface area (Å²) in [6.07, 6.45) is 0.685. The summed E-state index contributed by atoms with van der Waals surface area (Å²) in [5.74, 6) is 0.514. The third-order valence-corrected chi connectivity index (χ3v) is 4.86. The van der Waals surface area contributed by atoms with E-state index in [9.17, 15) is 9.59 Å². The van der Waals surface area contributed by atoms with Crippen LogP contribution >= 0.6 is 23.4 Å². The lowest BCUT2D eigenvalue weighted by atomic mass is 10.2. The molecule has 0 spiro atoms. The highest BCUT2D eigenvalue weighted by Crippen LogP contribution is 2.20. The van der Waals surface area contributed by atoms with Crippen LogP contribution in [-0.4, -0.2) is 41.5 Å². The van der Waals surface area contributed by atoms with Crippen molar-refractivity contribution in [2.75, 3.05) is 26.0 Å². The van der Waals surface area contributed by atoms with Crippen LogP contribution in [0.3, 0.4) is 0 Å². The maximum atomic E-state index is 12.8. The normalized spacial score (nSPS) is 11.3. The van der Waals surface area contributed by atoms with E-state index in [1.165, 1.54) is 11.8 Å². The van der Waals surface area contributed by atoms with Crippen molar-refractivity contribution in [1.82, 2.24) is 14.9 Å². The van der Waals surface area contributed by atoms with Crippen LogP contribution in [0.5, 0.6) is 0 Å². The highest BCUT2D eigenvalue weighted by atomic mass is 35.5. The number of hydrogen-bond donors (Lipinski definition) is 1. The molecule has 0 aliphatic heterocycles. The van der Waals surface area contributed by atoms with Crippen LogP contribution in [0.15, 0.2) is 28.2 Å². The third-order valence-electron chi connectivity index (χ3n) is 3.65. The van der Waals surface area contributed by atoms with E-state index in [4.69, 9.17) is 16.3 Å². The molecule has 1 aromatic heterocycles. The molecule has 26 heavy (non-hydrogen) atoms. The monoisotopic (exact) mass is 397 g/mol. The van der Waals surface area contributed by atoms with Crippen LogP contribution in [-0.2, 0) is 16.1 Å². The molecule has 1 amide bonds. The molecule has 1 heterocycles. The predicted octanol–water partition coefficient (Wildman–Crippen LogP) is 2.95. The minimum absolute atomic E-state index is 0.0763. The Morgan fingerprint density at radius 3 is 2.88 bits per heavy atom. The molecule has 0 atom stereocenters. The summed E-state index contributed by atoms with van der Waals surface area (Å²) in [4.78, 5) is 29.4. The van der Waals surface area contributed by atoms with E-state index in [-0.39, 0.29) is 17.2 Å². The molecule has 2 aromatic rings. The number of rotatable bonds is 9. The Hall–Kier alpha value is -1.57. The van der Waals surface area contributed by atoms with Gasteiger partial charge in [-0.2, -0.15) is 0 Å². The number of ether oxygens (including phenoxy) is 1. The summed E-state index contributed by atoms with van der Waals surface area (Å²) in [6.45, 7) is 5.73. The van der Waals surface area contributed by atoms with Crippen LogP contribution in [0.4, 0.5) is 0 Å². The van der Waals surface area contributed by atoms with E-state index in [0.717, 1.165) is 0 Å². The molecule has 0 bridgehead atoms. The first kappa shape index (κ1) is 20.7. The molecule has 142 valence electrons. The van der Waals surface area contributed by atoms with Crippen molar-refractivity contribution in [3.8, 4) is 0 Å². The maximum absolute atomic E-state index is 12.8. The molecule has 2 rings (SSSR count). The van der Waals surface area contributed by atoms with Crippen molar-refractivity contribution in [2.45, 2.75) is 32.0 Å². The van der Waals surface area contributed by atoms with Gasteiger partial charge in [-0.25, -0.2) is 4.98 Å². The molecule has 0 unspecified atom stereocenters. The summed E-state index contributed by atoms with van der Waals surface area (Å²) in [5.41, 5.74) is 0.406. The molecule has 1 N–H and O–H groups in total. The number of nitrogens with zero attached hydrogens (tertiary/aromatic N) is 2. The Kier molecular flexibility index (Phi) is 7.93. The molecule has 6 nitrogen and oxygen atoms in total. The van der Waals surface area contributed by atoms with E-state index >= 15 is 0 Å². The highest BCUT2D eigenvalue weighted by Gasteiger charge is 2.13. The Balaban J connectivity index is 2.27. The fraction of sp³-hybridized carbons (Fsp3) is 0.500. The number of aromatic nitrogens is 2. The lowest BCUT2D eigenvalue weighted by molar-refractivity contribution is -0.118. The predicted molar refractivity (Wildman–Crippen MR) is 106 cm³/mol. The molecule has 8 heteroatoms. The van der Waals surface area contributed by atoms with E-state index in [1.807, 2.05) is 13.8 Å². The standard InChI is InChI=1S/C18H24ClN3O3S/c1-12(2)10-20-16(23)11-26-18-21-15-9-13(19)5-6-14(15)17(24)22(18)7-4-8-25-3/h5-6,9,12H,4,7-8,10-11H2,1-3H3,(H,20,23). The number of hydrogen-bond acceptors (Lipinski definition) is 5. The topological polar surface area (TPSA) is 73.2 Å². The molecule has 0 saturated carbocycles. The van der Waals surface area contributed by atoms with Gasteiger partial charge in [0, 0.05) is 31.8 Å². The molecule has 0 aliphatic rings. The summed E-state index contributed by atoms with van der Waals surface area (Å²) in [7, 11) is 1.62. The number of fused-ring (bicyclic) bond motifs is 1. The minimum atomic E-state index is -0.132. The molecule has 0 saturated heterocycles. The number of benzene rings is 1. The summed E-state index contributed by atoms with van der Waals surface area (Å²) < 4.78 is 6.68. The zero-order chi connectivity index (χ0) is 19.1. The highest BCUT2D eigenvalue weighted by molar-refractivity contribution is 7.99. The molecule has 0 aliphatic carbocycles. The van der Waals surface area contributed by atoms with E-state index in [0.29, 0.717) is 53.1 Å². The Labute approximate surface area is 162 Å². The summed E-state index contributed by atoms with van der Waals surface area (Å²) >= 11 is 7.28. The van der Waals surface area contributed by atoms with Gasteiger partial charge in [-0.3, -0.25) is 14.2 Å². The molecule has 0 fully saturated rings. The minimum Gasteiger partial charge on any atom is -0.385 e. The van der Waals surface area contributed by atoms with E-state index in [1.54, 1.807) is 29.9 Å². The summed E-state index contributed by atoms with van der Waals surface area (Å²) in [6, 6.07) is 5.03. The number of methoxy groups -OCH3 is 1. The van der Waals surface area contributed by atoms with Crippen LogP contribution in [0.2, 0.25) is 5.02 Å². The first-order valence-corrected chi connectivity index (χ1v) is 9.87. The summed E-state index contributed by atoms with van der Waals surface area (Å²) in [5, 5.41) is 4.42. The largest absolute Gasteiger partial charge is 0.385 e. The van der Waals surface area contributed by atoms with Gasteiger partial charge in [0.2, 0.25) is 5.91 Å². The number of nitrogens with one attached hydrogen (secondary N) is 1. The SMILES string of the molecule is COCCCn1c(SCC(=O)NCC(C)C)nc2cc(Cl)ccc2c1=O. The van der Waals surface area contributed by atoms with Crippen molar-refractivity contribution in [3.63, 3.8) is 0 Å².